The van der Waals surface area contributed by atoms with E-state index in [1.807, 2.05) is 25.2 Å². The lowest BCUT2D eigenvalue weighted by molar-refractivity contribution is 0.381. The Kier molecular flexibility index (Phi) is 6.66. The van der Waals surface area contributed by atoms with Crippen LogP contribution in [-0.2, 0) is 18.5 Å². The van der Waals surface area contributed by atoms with Gasteiger partial charge in [0.2, 0.25) is 5.89 Å². The summed E-state index contributed by atoms with van der Waals surface area (Å²) in [5.74, 6) is 3.16. The number of aliphatic imine (C=N–C) groups is 1. The second-order valence-electron chi connectivity index (χ2n) is 7.21. The standard InChI is InChI=1S/C20H30N4O2/c1-7-21-19(23-13-18-22-12-17(26-18)20(2,3)4)24(5)14-15-10-8-9-11-16(15)25-6/h8-12H,7,13-14H2,1-6H3,(H,21,23). The zero-order valence-corrected chi connectivity index (χ0v) is 16.7. The number of nitrogens with zero attached hydrogens (tertiary/aromatic N) is 3. The number of ether oxygens (including phenoxy) is 1. The number of hydrogen-bond donors (Lipinski definition) is 1. The fourth-order valence-corrected chi connectivity index (χ4v) is 2.51. The first-order chi connectivity index (χ1) is 12.3. The van der Waals surface area contributed by atoms with Crippen molar-refractivity contribution in [3.63, 3.8) is 0 Å². The van der Waals surface area contributed by atoms with Crippen LogP contribution in [-0.4, -0.2) is 36.5 Å². The van der Waals surface area contributed by atoms with Crippen LogP contribution in [0.1, 0.15) is 44.9 Å². The fraction of sp³-hybridized carbons (Fsp3) is 0.500. The van der Waals surface area contributed by atoms with Gasteiger partial charge in [-0.2, -0.15) is 0 Å². The van der Waals surface area contributed by atoms with E-state index in [2.05, 4.69) is 54.0 Å². The minimum Gasteiger partial charge on any atom is -0.496 e. The summed E-state index contributed by atoms with van der Waals surface area (Å²) in [5.41, 5.74) is 1.05. The van der Waals surface area contributed by atoms with Crippen LogP contribution in [0.4, 0.5) is 0 Å². The van der Waals surface area contributed by atoms with Crippen LogP contribution in [0.25, 0.3) is 0 Å². The van der Waals surface area contributed by atoms with Crippen LogP contribution >= 0.6 is 0 Å². The summed E-state index contributed by atoms with van der Waals surface area (Å²) in [4.78, 5) is 11.1. The molecular formula is C20H30N4O2. The van der Waals surface area contributed by atoms with Crippen LogP contribution in [0.2, 0.25) is 0 Å². The maximum atomic E-state index is 5.83. The third kappa shape index (κ3) is 5.25. The zero-order chi connectivity index (χ0) is 19.2. The summed E-state index contributed by atoms with van der Waals surface area (Å²) in [6.45, 7) is 10.2. The number of oxazole rings is 1. The van der Waals surface area contributed by atoms with Gasteiger partial charge in [0.1, 0.15) is 18.1 Å². The van der Waals surface area contributed by atoms with E-state index in [0.717, 1.165) is 29.6 Å². The number of rotatable bonds is 6. The van der Waals surface area contributed by atoms with E-state index in [-0.39, 0.29) is 5.41 Å². The van der Waals surface area contributed by atoms with Gasteiger partial charge in [0.25, 0.3) is 0 Å². The lowest BCUT2D eigenvalue weighted by Gasteiger charge is -2.23. The van der Waals surface area contributed by atoms with Gasteiger partial charge in [-0.05, 0) is 13.0 Å². The Hall–Kier alpha value is -2.50. The van der Waals surface area contributed by atoms with Gasteiger partial charge in [-0.25, -0.2) is 9.98 Å². The van der Waals surface area contributed by atoms with Crippen LogP contribution < -0.4 is 10.1 Å². The molecule has 0 bridgehead atoms. The van der Waals surface area contributed by atoms with Crippen LogP contribution in [0.5, 0.6) is 5.75 Å². The van der Waals surface area contributed by atoms with Crippen molar-refractivity contribution in [1.29, 1.82) is 0 Å². The molecule has 0 fully saturated rings. The second-order valence-corrected chi connectivity index (χ2v) is 7.21. The Morgan fingerprint density at radius 2 is 2.04 bits per heavy atom. The number of hydrogen-bond acceptors (Lipinski definition) is 4. The molecule has 0 atom stereocenters. The van der Waals surface area contributed by atoms with Crippen molar-refractivity contribution in [3.05, 3.63) is 47.7 Å². The molecule has 6 nitrogen and oxygen atoms in total. The van der Waals surface area contributed by atoms with Gasteiger partial charge < -0.3 is 19.4 Å². The number of methoxy groups -OCH3 is 1. The summed E-state index contributed by atoms with van der Waals surface area (Å²) >= 11 is 0. The highest BCUT2D eigenvalue weighted by Crippen LogP contribution is 2.23. The summed E-state index contributed by atoms with van der Waals surface area (Å²) in [6.07, 6.45) is 1.79. The number of para-hydroxylation sites is 1. The van der Waals surface area contributed by atoms with Crippen molar-refractivity contribution in [2.45, 2.75) is 46.2 Å². The smallest absolute Gasteiger partial charge is 0.216 e. The molecule has 142 valence electrons. The first kappa shape index (κ1) is 19.8. The van der Waals surface area contributed by atoms with Crippen molar-refractivity contribution in [1.82, 2.24) is 15.2 Å². The molecule has 0 spiro atoms. The normalized spacial score (nSPS) is 12.2. The molecule has 2 aromatic rings. The van der Waals surface area contributed by atoms with E-state index < -0.39 is 0 Å². The molecule has 1 N–H and O–H groups in total. The molecule has 0 unspecified atom stereocenters. The van der Waals surface area contributed by atoms with Crippen molar-refractivity contribution in [2.24, 2.45) is 4.99 Å². The molecule has 0 aliphatic heterocycles. The summed E-state index contributed by atoms with van der Waals surface area (Å²) in [6, 6.07) is 8.00. The van der Waals surface area contributed by atoms with Crippen molar-refractivity contribution < 1.29 is 9.15 Å². The Bertz CT molecular complexity index is 731. The lowest BCUT2D eigenvalue weighted by atomic mass is 9.94. The topological polar surface area (TPSA) is 62.9 Å². The molecule has 0 aliphatic carbocycles. The molecule has 0 amide bonds. The van der Waals surface area contributed by atoms with Crippen LogP contribution in [0.15, 0.2) is 39.9 Å². The quantitative estimate of drug-likeness (QED) is 0.632. The first-order valence-electron chi connectivity index (χ1n) is 8.91. The third-order valence-corrected chi connectivity index (χ3v) is 3.95. The Morgan fingerprint density at radius 1 is 1.31 bits per heavy atom. The fourth-order valence-electron chi connectivity index (χ4n) is 2.51. The highest BCUT2D eigenvalue weighted by atomic mass is 16.5. The minimum absolute atomic E-state index is 0.0554. The molecule has 0 saturated heterocycles. The SMILES string of the molecule is CCNC(=NCc1ncc(C(C)(C)C)o1)N(C)Cc1ccccc1OC. The van der Waals surface area contributed by atoms with E-state index in [1.165, 1.54) is 0 Å². The number of guanidine groups is 1. The molecule has 0 radical (unpaired) electrons. The van der Waals surface area contributed by atoms with Crippen LogP contribution in [0, 0.1) is 0 Å². The average Bonchev–Trinajstić information content (AvgIpc) is 3.08. The lowest BCUT2D eigenvalue weighted by Crippen LogP contribution is -2.38. The van der Waals surface area contributed by atoms with E-state index in [4.69, 9.17) is 9.15 Å². The van der Waals surface area contributed by atoms with Crippen LogP contribution in [0.3, 0.4) is 0 Å². The highest BCUT2D eigenvalue weighted by Gasteiger charge is 2.19. The third-order valence-electron chi connectivity index (χ3n) is 3.95. The largest absolute Gasteiger partial charge is 0.496 e. The first-order valence-corrected chi connectivity index (χ1v) is 8.91. The second kappa shape index (κ2) is 8.74. The Labute approximate surface area is 156 Å². The molecule has 1 aromatic carbocycles. The zero-order valence-electron chi connectivity index (χ0n) is 16.7. The molecular weight excluding hydrogens is 328 g/mol. The maximum absolute atomic E-state index is 5.83. The van der Waals surface area contributed by atoms with Gasteiger partial charge >= 0.3 is 0 Å². The van der Waals surface area contributed by atoms with Crippen molar-refractivity contribution >= 4 is 5.96 Å². The molecule has 6 heteroatoms. The van der Waals surface area contributed by atoms with Crippen molar-refractivity contribution in [3.8, 4) is 5.75 Å². The van der Waals surface area contributed by atoms with Gasteiger partial charge in [-0.1, -0.05) is 39.0 Å². The predicted octanol–water partition coefficient (Wildman–Crippen LogP) is 3.58. The van der Waals surface area contributed by atoms with Gasteiger partial charge in [-0.3, -0.25) is 0 Å². The minimum atomic E-state index is -0.0554. The molecule has 0 aliphatic rings. The van der Waals surface area contributed by atoms with E-state index in [0.29, 0.717) is 19.0 Å². The number of nitrogens with one attached hydrogen (secondary N) is 1. The monoisotopic (exact) mass is 358 g/mol. The van der Waals surface area contributed by atoms with Gasteiger partial charge in [-0.15, -0.1) is 0 Å². The molecule has 0 saturated carbocycles. The molecule has 26 heavy (non-hydrogen) atoms. The maximum Gasteiger partial charge on any atom is 0.216 e. The summed E-state index contributed by atoms with van der Waals surface area (Å²) in [5, 5.41) is 3.31. The highest BCUT2D eigenvalue weighted by molar-refractivity contribution is 5.79. The molecule has 1 heterocycles. The summed E-state index contributed by atoms with van der Waals surface area (Å²) in [7, 11) is 3.69. The molecule has 2 rings (SSSR count). The van der Waals surface area contributed by atoms with Gasteiger partial charge in [0, 0.05) is 31.1 Å². The van der Waals surface area contributed by atoms with E-state index in [1.54, 1.807) is 13.3 Å². The Morgan fingerprint density at radius 3 is 2.65 bits per heavy atom. The molecule has 1 aromatic heterocycles. The van der Waals surface area contributed by atoms with Gasteiger partial charge in [0.15, 0.2) is 5.96 Å². The summed E-state index contributed by atoms with van der Waals surface area (Å²) < 4.78 is 11.3. The van der Waals surface area contributed by atoms with E-state index in [9.17, 15) is 0 Å². The van der Waals surface area contributed by atoms with Crippen molar-refractivity contribution in [2.75, 3.05) is 20.7 Å². The number of benzene rings is 1. The predicted molar refractivity (Wildman–Crippen MR) is 104 cm³/mol. The van der Waals surface area contributed by atoms with E-state index >= 15 is 0 Å². The van der Waals surface area contributed by atoms with Gasteiger partial charge in [0.05, 0.1) is 13.3 Å². The Balaban J connectivity index is 2.11. The number of aromatic nitrogens is 1. The average molecular weight is 358 g/mol.